The van der Waals surface area contributed by atoms with Crippen molar-refractivity contribution >= 4 is 5.97 Å². The molecule has 1 aromatic heterocycles. The molecule has 2 N–H and O–H groups in total. The van der Waals surface area contributed by atoms with Crippen LogP contribution in [0.4, 0.5) is 0 Å². The average molecular weight is 259 g/mol. The second-order valence-electron chi connectivity index (χ2n) is 4.11. The van der Waals surface area contributed by atoms with E-state index in [4.69, 9.17) is 5.11 Å². The molecule has 1 atom stereocenters. The Balaban J connectivity index is 2.05. The molecule has 0 aliphatic heterocycles. The minimum atomic E-state index is -1.01. The van der Waals surface area contributed by atoms with Gasteiger partial charge < -0.3 is 10.2 Å². The van der Waals surface area contributed by atoms with Crippen LogP contribution in [0.5, 0.6) is 0 Å². The van der Waals surface area contributed by atoms with Gasteiger partial charge in [0.1, 0.15) is 12.7 Å². The Hall–Kier alpha value is -2.34. The molecule has 98 valence electrons. The van der Waals surface area contributed by atoms with Crippen LogP contribution in [-0.4, -0.2) is 37.2 Å². The van der Waals surface area contributed by atoms with Gasteiger partial charge in [-0.1, -0.05) is 24.3 Å². The van der Waals surface area contributed by atoms with Crippen LogP contribution in [0.15, 0.2) is 36.9 Å². The third kappa shape index (κ3) is 3.82. The summed E-state index contributed by atoms with van der Waals surface area (Å²) in [6.45, 7) is 0. The highest BCUT2D eigenvalue weighted by Gasteiger charge is 2.10. The van der Waals surface area contributed by atoms with Gasteiger partial charge in [0.05, 0.1) is 12.5 Å². The summed E-state index contributed by atoms with van der Waals surface area (Å²) < 4.78 is 0. The predicted octanol–water partition coefficient (Wildman–Crippen LogP) is 0.917. The van der Waals surface area contributed by atoms with Gasteiger partial charge in [0.2, 0.25) is 0 Å². The standard InChI is InChI=1S/C13H13N3O3/c17-11(6-12(18)19)5-9-1-3-10(4-2-9)13-15-7-14-8-16-13/h1-4,7-8,11,17H,5-6H2,(H,18,19). The van der Waals surface area contributed by atoms with Crippen LogP contribution in [0.3, 0.4) is 0 Å². The highest BCUT2D eigenvalue weighted by atomic mass is 16.4. The number of aromatic nitrogens is 3. The van der Waals surface area contributed by atoms with Crippen molar-refractivity contribution in [3.63, 3.8) is 0 Å². The van der Waals surface area contributed by atoms with E-state index in [0.717, 1.165) is 11.1 Å². The summed E-state index contributed by atoms with van der Waals surface area (Å²) in [7, 11) is 0. The maximum absolute atomic E-state index is 10.5. The zero-order chi connectivity index (χ0) is 13.7. The van der Waals surface area contributed by atoms with E-state index in [2.05, 4.69) is 15.0 Å². The molecule has 0 amide bonds. The number of hydrogen-bond donors (Lipinski definition) is 2. The Morgan fingerprint density at radius 3 is 2.37 bits per heavy atom. The molecule has 19 heavy (non-hydrogen) atoms. The van der Waals surface area contributed by atoms with Gasteiger partial charge in [-0.15, -0.1) is 0 Å². The highest BCUT2D eigenvalue weighted by molar-refractivity contribution is 5.67. The SMILES string of the molecule is O=C(O)CC(O)Cc1ccc(-c2ncncn2)cc1. The number of rotatable bonds is 5. The zero-order valence-corrected chi connectivity index (χ0v) is 10.1. The largest absolute Gasteiger partial charge is 0.481 e. The van der Waals surface area contributed by atoms with Gasteiger partial charge in [0.15, 0.2) is 5.82 Å². The molecule has 6 nitrogen and oxygen atoms in total. The molecular formula is C13H13N3O3. The molecule has 2 rings (SSSR count). The van der Waals surface area contributed by atoms with Crippen LogP contribution < -0.4 is 0 Å². The summed E-state index contributed by atoms with van der Waals surface area (Å²) in [6, 6.07) is 7.31. The molecule has 2 aromatic rings. The fraction of sp³-hybridized carbons (Fsp3) is 0.231. The van der Waals surface area contributed by atoms with E-state index in [0.29, 0.717) is 12.2 Å². The Labute approximate surface area is 109 Å². The van der Waals surface area contributed by atoms with Crippen LogP contribution >= 0.6 is 0 Å². The van der Waals surface area contributed by atoms with Crippen molar-refractivity contribution in [2.75, 3.05) is 0 Å². The summed E-state index contributed by atoms with van der Waals surface area (Å²) in [5.41, 5.74) is 1.71. The highest BCUT2D eigenvalue weighted by Crippen LogP contribution is 2.15. The van der Waals surface area contributed by atoms with Gasteiger partial charge >= 0.3 is 5.97 Å². The first-order valence-corrected chi connectivity index (χ1v) is 5.76. The lowest BCUT2D eigenvalue weighted by molar-refractivity contribution is -0.139. The molecule has 1 unspecified atom stereocenters. The molecule has 0 saturated heterocycles. The van der Waals surface area contributed by atoms with Crippen LogP contribution in [0, 0.1) is 0 Å². The van der Waals surface area contributed by atoms with Crippen molar-refractivity contribution in [3.8, 4) is 11.4 Å². The minimum absolute atomic E-state index is 0.255. The fourth-order valence-electron chi connectivity index (χ4n) is 1.72. The molecule has 0 fully saturated rings. The Kier molecular flexibility index (Phi) is 4.15. The van der Waals surface area contributed by atoms with Crippen LogP contribution in [-0.2, 0) is 11.2 Å². The summed E-state index contributed by atoms with van der Waals surface area (Å²) in [4.78, 5) is 22.3. The molecule has 1 aromatic carbocycles. The van der Waals surface area contributed by atoms with Gasteiger partial charge in [0, 0.05) is 5.56 Å². The van der Waals surface area contributed by atoms with Crippen molar-refractivity contribution in [1.82, 2.24) is 15.0 Å². The van der Waals surface area contributed by atoms with E-state index in [1.54, 1.807) is 0 Å². The lowest BCUT2D eigenvalue weighted by Crippen LogP contribution is -2.15. The molecule has 0 bridgehead atoms. The number of carboxylic acid groups (broad SMARTS) is 1. The average Bonchev–Trinajstić information content (AvgIpc) is 2.39. The minimum Gasteiger partial charge on any atom is -0.481 e. The van der Waals surface area contributed by atoms with Crippen molar-refractivity contribution in [3.05, 3.63) is 42.5 Å². The number of aliphatic hydroxyl groups excluding tert-OH is 1. The van der Waals surface area contributed by atoms with Gasteiger partial charge in [-0.2, -0.15) is 0 Å². The first kappa shape index (κ1) is 13.1. The monoisotopic (exact) mass is 259 g/mol. The van der Waals surface area contributed by atoms with Gasteiger partial charge in [0.25, 0.3) is 0 Å². The van der Waals surface area contributed by atoms with Crippen molar-refractivity contribution in [1.29, 1.82) is 0 Å². The van der Waals surface area contributed by atoms with Crippen LogP contribution in [0.25, 0.3) is 11.4 Å². The molecule has 0 spiro atoms. The molecule has 0 radical (unpaired) electrons. The van der Waals surface area contributed by atoms with Crippen molar-refractivity contribution in [2.45, 2.75) is 18.9 Å². The lowest BCUT2D eigenvalue weighted by Gasteiger charge is -2.08. The van der Waals surface area contributed by atoms with Crippen molar-refractivity contribution in [2.24, 2.45) is 0 Å². The van der Waals surface area contributed by atoms with E-state index in [1.807, 2.05) is 24.3 Å². The van der Waals surface area contributed by atoms with E-state index >= 15 is 0 Å². The summed E-state index contributed by atoms with van der Waals surface area (Å²) in [6.07, 6.45) is 2.03. The number of benzene rings is 1. The van der Waals surface area contributed by atoms with E-state index in [9.17, 15) is 9.90 Å². The van der Waals surface area contributed by atoms with E-state index in [-0.39, 0.29) is 6.42 Å². The number of aliphatic carboxylic acids is 1. The van der Waals surface area contributed by atoms with E-state index in [1.165, 1.54) is 12.7 Å². The molecule has 0 aliphatic rings. The Bertz CT molecular complexity index is 543. The summed E-state index contributed by atoms with van der Waals surface area (Å²) >= 11 is 0. The van der Waals surface area contributed by atoms with E-state index < -0.39 is 12.1 Å². The van der Waals surface area contributed by atoms with Gasteiger partial charge in [-0.05, 0) is 12.0 Å². The smallest absolute Gasteiger partial charge is 0.305 e. The number of hydrogen-bond acceptors (Lipinski definition) is 5. The summed E-state index contributed by atoms with van der Waals surface area (Å²) in [5.74, 6) is -0.429. The third-order valence-corrected chi connectivity index (χ3v) is 2.59. The van der Waals surface area contributed by atoms with Crippen LogP contribution in [0.2, 0.25) is 0 Å². The predicted molar refractivity (Wildman–Crippen MR) is 67.2 cm³/mol. The maximum atomic E-state index is 10.5. The normalized spacial score (nSPS) is 12.1. The van der Waals surface area contributed by atoms with Crippen molar-refractivity contribution < 1.29 is 15.0 Å². The number of carboxylic acids is 1. The molecule has 0 saturated carbocycles. The molecule has 0 aliphatic carbocycles. The molecule has 1 heterocycles. The third-order valence-electron chi connectivity index (χ3n) is 2.59. The number of nitrogens with zero attached hydrogens (tertiary/aromatic N) is 3. The first-order chi connectivity index (χ1) is 9.15. The zero-order valence-electron chi connectivity index (χ0n) is 10.1. The molecule has 6 heteroatoms. The second-order valence-corrected chi connectivity index (χ2v) is 4.11. The van der Waals surface area contributed by atoms with Gasteiger partial charge in [-0.3, -0.25) is 4.79 Å². The van der Waals surface area contributed by atoms with Gasteiger partial charge in [-0.25, -0.2) is 15.0 Å². The van der Waals surface area contributed by atoms with Crippen LogP contribution in [0.1, 0.15) is 12.0 Å². The summed E-state index contributed by atoms with van der Waals surface area (Å²) in [5, 5.41) is 18.1. The lowest BCUT2D eigenvalue weighted by atomic mass is 10.0. The fourth-order valence-corrected chi connectivity index (χ4v) is 1.72. The first-order valence-electron chi connectivity index (χ1n) is 5.76. The Morgan fingerprint density at radius 1 is 1.16 bits per heavy atom. The number of aliphatic hydroxyl groups is 1. The maximum Gasteiger partial charge on any atom is 0.305 e. The second kappa shape index (κ2) is 6.01. The topological polar surface area (TPSA) is 96.2 Å². The number of carbonyl (C=O) groups is 1. The Morgan fingerprint density at radius 2 is 1.79 bits per heavy atom. The quantitative estimate of drug-likeness (QED) is 0.828. The molecular weight excluding hydrogens is 246 g/mol.